The van der Waals surface area contributed by atoms with Gasteiger partial charge in [0.1, 0.15) is 11.6 Å². The summed E-state index contributed by atoms with van der Waals surface area (Å²) in [5, 5.41) is 6.82. The van der Waals surface area contributed by atoms with Crippen molar-refractivity contribution in [1.82, 2.24) is 10.2 Å². The van der Waals surface area contributed by atoms with Gasteiger partial charge in [0.05, 0.1) is 18.8 Å². The molecule has 0 spiro atoms. The van der Waals surface area contributed by atoms with Crippen LogP contribution in [0.5, 0.6) is 0 Å². The highest BCUT2D eigenvalue weighted by atomic mass is 19.1. The van der Waals surface area contributed by atoms with Crippen molar-refractivity contribution in [3.8, 4) is 0 Å². The van der Waals surface area contributed by atoms with Crippen molar-refractivity contribution in [2.75, 3.05) is 30.8 Å². The minimum absolute atomic E-state index is 0.0603. The van der Waals surface area contributed by atoms with Crippen LogP contribution < -0.4 is 16.0 Å². The van der Waals surface area contributed by atoms with Crippen LogP contribution in [0.2, 0.25) is 0 Å². The zero-order chi connectivity index (χ0) is 19.8. The second-order valence-electron chi connectivity index (χ2n) is 5.71. The molecule has 0 unspecified atom stereocenters. The van der Waals surface area contributed by atoms with E-state index < -0.39 is 29.5 Å². The topological polar surface area (TPSA) is 90.5 Å². The zero-order valence-corrected chi connectivity index (χ0v) is 14.5. The van der Waals surface area contributed by atoms with E-state index >= 15 is 0 Å². The van der Waals surface area contributed by atoms with E-state index in [4.69, 9.17) is 0 Å². The minimum atomic E-state index is -0.880. The number of rotatable bonds is 6. The molecule has 2 rings (SSSR count). The maximum absolute atomic E-state index is 13.4. The molecule has 142 valence electrons. The van der Waals surface area contributed by atoms with Gasteiger partial charge in [-0.15, -0.1) is 0 Å². The SMILES string of the molecule is CN(CC(=O)NC(=O)Nc1ccccc1F)CC(=O)Nc1ccc(F)cc1. The standard InChI is InChI=1S/C18H18F2N4O3/c1-24(10-16(25)21-13-8-6-12(19)7-9-13)11-17(26)23-18(27)22-15-5-3-2-4-14(15)20/h2-9H,10-11H2,1H3,(H,21,25)(H2,22,23,26,27). The van der Waals surface area contributed by atoms with E-state index in [1.807, 2.05) is 5.32 Å². The average molecular weight is 376 g/mol. The minimum Gasteiger partial charge on any atom is -0.325 e. The molecule has 0 fully saturated rings. The van der Waals surface area contributed by atoms with Crippen LogP contribution in [0.15, 0.2) is 48.5 Å². The first-order valence-corrected chi connectivity index (χ1v) is 7.93. The van der Waals surface area contributed by atoms with Crippen LogP contribution in [0.25, 0.3) is 0 Å². The molecule has 0 heterocycles. The van der Waals surface area contributed by atoms with E-state index in [-0.39, 0.29) is 18.8 Å². The summed E-state index contributed by atoms with van der Waals surface area (Å²) in [7, 11) is 1.51. The number of halogens is 2. The normalized spacial score (nSPS) is 10.4. The van der Waals surface area contributed by atoms with Crippen LogP contribution in [0.3, 0.4) is 0 Å². The summed E-state index contributed by atoms with van der Waals surface area (Å²) in [5.41, 5.74) is 0.360. The molecule has 0 atom stereocenters. The lowest BCUT2D eigenvalue weighted by Crippen LogP contribution is -2.42. The molecule has 0 saturated carbocycles. The summed E-state index contributed by atoms with van der Waals surface area (Å²) in [4.78, 5) is 36.8. The first kappa shape index (κ1) is 20.0. The quantitative estimate of drug-likeness (QED) is 0.721. The maximum atomic E-state index is 13.4. The summed E-state index contributed by atoms with van der Waals surface area (Å²) >= 11 is 0. The number of nitrogens with zero attached hydrogens (tertiary/aromatic N) is 1. The lowest BCUT2D eigenvalue weighted by Gasteiger charge is -2.16. The molecule has 0 aromatic heterocycles. The molecule has 2 aromatic carbocycles. The number of para-hydroxylation sites is 1. The van der Waals surface area contributed by atoms with Gasteiger partial charge >= 0.3 is 6.03 Å². The number of urea groups is 1. The molecular formula is C18H18F2N4O3. The van der Waals surface area contributed by atoms with Gasteiger partial charge in [-0.25, -0.2) is 13.6 Å². The largest absolute Gasteiger partial charge is 0.326 e. The van der Waals surface area contributed by atoms with Gasteiger partial charge in [-0.1, -0.05) is 12.1 Å². The molecule has 27 heavy (non-hydrogen) atoms. The van der Waals surface area contributed by atoms with Crippen LogP contribution >= 0.6 is 0 Å². The average Bonchev–Trinajstić information content (AvgIpc) is 2.58. The molecule has 0 aliphatic rings. The van der Waals surface area contributed by atoms with Crippen molar-refractivity contribution in [1.29, 1.82) is 0 Å². The lowest BCUT2D eigenvalue weighted by molar-refractivity contribution is -0.122. The molecule has 0 saturated heterocycles. The third-order valence-corrected chi connectivity index (χ3v) is 3.33. The Morgan fingerprint density at radius 3 is 2.19 bits per heavy atom. The molecule has 7 nitrogen and oxygen atoms in total. The summed E-state index contributed by atoms with van der Waals surface area (Å²) in [6, 6.07) is 9.89. The first-order chi connectivity index (χ1) is 12.8. The van der Waals surface area contributed by atoms with Gasteiger partial charge in [-0.2, -0.15) is 0 Å². The van der Waals surface area contributed by atoms with Gasteiger partial charge < -0.3 is 10.6 Å². The highest BCUT2D eigenvalue weighted by molar-refractivity contribution is 6.02. The third kappa shape index (κ3) is 6.83. The number of carbonyl (C=O) groups is 3. The van der Waals surface area contributed by atoms with Gasteiger partial charge in [0.2, 0.25) is 11.8 Å². The summed E-state index contributed by atoms with van der Waals surface area (Å²) < 4.78 is 26.3. The van der Waals surface area contributed by atoms with Gasteiger partial charge in [-0.05, 0) is 43.4 Å². The number of imide groups is 1. The van der Waals surface area contributed by atoms with Crippen LogP contribution in [-0.4, -0.2) is 42.9 Å². The molecule has 2 aromatic rings. The van der Waals surface area contributed by atoms with Crippen molar-refractivity contribution < 1.29 is 23.2 Å². The fourth-order valence-electron chi connectivity index (χ4n) is 2.16. The van der Waals surface area contributed by atoms with E-state index in [1.54, 1.807) is 0 Å². The predicted molar refractivity (Wildman–Crippen MR) is 96.1 cm³/mol. The Bertz CT molecular complexity index is 828. The Morgan fingerprint density at radius 1 is 0.889 bits per heavy atom. The molecule has 0 aliphatic heterocycles. The van der Waals surface area contributed by atoms with Crippen LogP contribution in [0.4, 0.5) is 25.0 Å². The number of likely N-dealkylation sites (N-methyl/N-ethyl adjacent to an activating group) is 1. The molecule has 0 aliphatic carbocycles. The summed E-state index contributed by atoms with van der Waals surface area (Å²) in [6.45, 7) is -0.360. The number of carbonyl (C=O) groups excluding carboxylic acids is 3. The van der Waals surface area contributed by atoms with Gasteiger partial charge in [0.25, 0.3) is 0 Å². The predicted octanol–water partition coefficient (Wildman–Crippen LogP) is 2.18. The van der Waals surface area contributed by atoms with Gasteiger partial charge in [0.15, 0.2) is 0 Å². The van der Waals surface area contributed by atoms with Gasteiger partial charge in [-0.3, -0.25) is 19.8 Å². The Hall–Kier alpha value is -3.33. The Kier molecular flexibility index (Phi) is 6.95. The lowest BCUT2D eigenvalue weighted by atomic mass is 10.3. The monoisotopic (exact) mass is 376 g/mol. The second-order valence-corrected chi connectivity index (χ2v) is 5.71. The molecule has 9 heteroatoms. The molecule has 3 N–H and O–H groups in total. The fraction of sp³-hybridized carbons (Fsp3) is 0.167. The fourth-order valence-corrected chi connectivity index (χ4v) is 2.16. The summed E-state index contributed by atoms with van der Waals surface area (Å²) in [6.07, 6.45) is 0. The number of nitrogens with one attached hydrogen (secondary N) is 3. The molecule has 4 amide bonds. The highest BCUT2D eigenvalue weighted by Gasteiger charge is 2.14. The third-order valence-electron chi connectivity index (χ3n) is 3.33. The van der Waals surface area contributed by atoms with Crippen molar-refractivity contribution in [2.45, 2.75) is 0 Å². The smallest absolute Gasteiger partial charge is 0.325 e. The van der Waals surface area contributed by atoms with E-state index in [0.717, 1.165) is 0 Å². The second kappa shape index (κ2) is 9.39. The highest BCUT2D eigenvalue weighted by Crippen LogP contribution is 2.11. The Balaban J connectivity index is 1.75. The number of anilines is 2. The van der Waals surface area contributed by atoms with E-state index in [9.17, 15) is 23.2 Å². The van der Waals surface area contributed by atoms with Crippen LogP contribution in [-0.2, 0) is 9.59 Å². The van der Waals surface area contributed by atoms with Crippen molar-refractivity contribution in [3.63, 3.8) is 0 Å². The number of hydrogen-bond acceptors (Lipinski definition) is 4. The van der Waals surface area contributed by atoms with Gasteiger partial charge in [0, 0.05) is 5.69 Å². The van der Waals surface area contributed by atoms with Crippen molar-refractivity contribution in [2.24, 2.45) is 0 Å². The van der Waals surface area contributed by atoms with Crippen LogP contribution in [0, 0.1) is 11.6 Å². The number of benzene rings is 2. The zero-order valence-electron chi connectivity index (χ0n) is 14.5. The number of amides is 4. The van der Waals surface area contributed by atoms with Crippen molar-refractivity contribution >= 4 is 29.2 Å². The first-order valence-electron chi connectivity index (χ1n) is 7.93. The Labute approximate surface area is 154 Å². The summed E-state index contributed by atoms with van der Waals surface area (Å²) in [5.74, 6) is -2.13. The molecular weight excluding hydrogens is 358 g/mol. The van der Waals surface area contributed by atoms with E-state index in [1.165, 1.54) is 60.5 Å². The molecule has 0 radical (unpaired) electrons. The number of hydrogen-bond donors (Lipinski definition) is 3. The van der Waals surface area contributed by atoms with E-state index in [2.05, 4.69) is 10.6 Å². The van der Waals surface area contributed by atoms with Crippen molar-refractivity contribution in [3.05, 3.63) is 60.2 Å². The molecule has 0 bridgehead atoms. The maximum Gasteiger partial charge on any atom is 0.326 e. The van der Waals surface area contributed by atoms with Crippen LogP contribution in [0.1, 0.15) is 0 Å². The Morgan fingerprint density at radius 2 is 1.52 bits per heavy atom. The van der Waals surface area contributed by atoms with E-state index in [0.29, 0.717) is 5.69 Å².